The minimum absolute atomic E-state index is 0.0338. The van der Waals surface area contributed by atoms with Gasteiger partial charge in [-0.1, -0.05) is 29.3 Å². The van der Waals surface area contributed by atoms with Crippen molar-refractivity contribution in [1.29, 1.82) is 0 Å². The van der Waals surface area contributed by atoms with E-state index in [1.807, 2.05) is 6.07 Å². The third-order valence-corrected chi connectivity index (χ3v) is 7.10. The summed E-state index contributed by atoms with van der Waals surface area (Å²) in [5.41, 5.74) is 0.248. The number of hydrogen-bond donors (Lipinski definition) is 1. The number of carboxylic acid groups (broad SMARTS) is 1. The molecule has 1 aromatic carbocycles. The molecule has 0 amide bonds. The van der Waals surface area contributed by atoms with E-state index in [9.17, 15) is 19.5 Å². The molecule has 1 fully saturated rings. The van der Waals surface area contributed by atoms with E-state index in [2.05, 4.69) is 0 Å². The van der Waals surface area contributed by atoms with Crippen molar-refractivity contribution in [3.05, 3.63) is 39.4 Å². The van der Waals surface area contributed by atoms with Crippen molar-refractivity contribution >= 4 is 46.5 Å². The lowest BCUT2D eigenvalue weighted by molar-refractivity contribution is -0.180. The molecule has 0 aliphatic heterocycles. The zero-order valence-electron chi connectivity index (χ0n) is 16.7. The lowest BCUT2D eigenvalue weighted by Crippen LogP contribution is -2.39. The topological polar surface area (TPSA) is 89.9 Å². The summed E-state index contributed by atoms with van der Waals surface area (Å²) >= 11 is 12.8. The van der Waals surface area contributed by atoms with Gasteiger partial charge in [0.1, 0.15) is 6.61 Å². The van der Waals surface area contributed by atoms with Gasteiger partial charge >= 0.3 is 11.9 Å². The van der Waals surface area contributed by atoms with Gasteiger partial charge < -0.3 is 14.6 Å². The number of halogens is 2. The van der Waals surface area contributed by atoms with Gasteiger partial charge in [-0.15, -0.1) is 0 Å². The first kappa shape index (κ1) is 21.3. The van der Waals surface area contributed by atoms with Gasteiger partial charge in [-0.25, -0.2) is 9.59 Å². The number of benzene rings is 1. The molecule has 160 valence electrons. The minimum Gasteiger partial charge on any atom is -0.478 e. The molecule has 2 atom stereocenters. The predicted octanol–water partition coefficient (Wildman–Crippen LogP) is 4.61. The highest BCUT2D eigenvalue weighted by Crippen LogP contribution is 2.69. The second kappa shape index (κ2) is 7.36. The van der Waals surface area contributed by atoms with Crippen molar-refractivity contribution in [2.24, 2.45) is 11.3 Å². The van der Waals surface area contributed by atoms with Gasteiger partial charge in [0.2, 0.25) is 5.60 Å². The highest BCUT2D eigenvalue weighted by atomic mass is 35.5. The molecular formula is C22H22Cl2O6. The number of hydrogen-bond acceptors (Lipinski definition) is 5. The van der Waals surface area contributed by atoms with Crippen LogP contribution in [-0.2, 0) is 23.9 Å². The Morgan fingerprint density at radius 1 is 1.27 bits per heavy atom. The quantitative estimate of drug-likeness (QED) is 0.633. The van der Waals surface area contributed by atoms with Crippen LogP contribution in [-0.4, -0.2) is 35.0 Å². The lowest BCUT2D eigenvalue weighted by Gasteiger charge is -2.39. The van der Waals surface area contributed by atoms with Gasteiger partial charge in [0, 0.05) is 17.4 Å². The van der Waals surface area contributed by atoms with Crippen LogP contribution in [0.4, 0.5) is 0 Å². The van der Waals surface area contributed by atoms with Crippen LogP contribution in [0.1, 0.15) is 56.8 Å². The summed E-state index contributed by atoms with van der Waals surface area (Å²) in [4.78, 5) is 35.8. The summed E-state index contributed by atoms with van der Waals surface area (Å²) < 4.78 is 11.2. The molecule has 0 aromatic heterocycles. The van der Waals surface area contributed by atoms with Crippen LogP contribution in [0.5, 0.6) is 0 Å². The number of ketones is 1. The number of carbonyl (C=O) groups is 3. The Bertz CT molecular complexity index is 978. The third-order valence-electron chi connectivity index (χ3n) is 6.30. The number of aliphatic carboxylic acids is 1. The Balaban J connectivity index is 1.69. The van der Waals surface area contributed by atoms with E-state index >= 15 is 0 Å². The van der Waals surface area contributed by atoms with Crippen molar-refractivity contribution in [2.75, 3.05) is 6.61 Å². The van der Waals surface area contributed by atoms with E-state index in [1.165, 1.54) is 13.8 Å². The Morgan fingerprint density at radius 3 is 2.60 bits per heavy atom. The number of allylic oxidation sites excluding steroid dienone is 1. The second-order valence-corrected chi connectivity index (χ2v) is 9.43. The standard InChI is InChI=1S/C22H22Cl2O6/c1-21(2,20(27)28)30-16(26)10-29-19-13-5-6-15(23)18(24)17(13)14-9-12(25)7-8-22(14,19)11-3-4-11/h5-6,9,11,19H,3-4,7-8,10H2,1-2H3,(H,27,28). The van der Waals surface area contributed by atoms with Crippen molar-refractivity contribution < 1.29 is 29.0 Å². The van der Waals surface area contributed by atoms with Gasteiger partial charge in [0.15, 0.2) is 5.78 Å². The van der Waals surface area contributed by atoms with Crippen LogP contribution in [0.2, 0.25) is 10.0 Å². The average Bonchev–Trinajstić information content (AvgIpc) is 3.47. The number of esters is 1. The minimum atomic E-state index is -1.65. The predicted molar refractivity (Wildman–Crippen MR) is 110 cm³/mol. The van der Waals surface area contributed by atoms with Crippen LogP contribution >= 0.6 is 23.2 Å². The molecule has 2 unspecified atom stereocenters. The summed E-state index contributed by atoms with van der Waals surface area (Å²) in [5.74, 6) is -1.66. The van der Waals surface area contributed by atoms with Gasteiger partial charge in [0.05, 0.1) is 16.1 Å². The summed E-state index contributed by atoms with van der Waals surface area (Å²) in [6.07, 6.45) is 4.16. The Labute approximate surface area is 184 Å². The number of carboxylic acids is 1. The monoisotopic (exact) mass is 452 g/mol. The number of carbonyl (C=O) groups excluding carboxylic acids is 2. The zero-order valence-corrected chi connectivity index (χ0v) is 18.2. The summed E-state index contributed by atoms with van der Waals surface area (Å²) in [5, 5.41) is 9.94. The summed E-state index contributed by atoms with van der Waals surface area (Å²) in [6.45, 7) is 2.20. The van der Waals surface area contributed by atoms with Crippen LogP contribution < -0.4 is 0 Å². The fourth-order valence-corrected chi connectivity index (χ4v) is 5.16. The van der Waals surface area contributed by atoms with E-state index in [4.69, 9.17) is 32.7 Å². The van der Waals surface area contributed by atoms with E-state index < -0.39 is 35.7 Å². The molecule has 30 heavy (non-hydrogen) atoms. The summed E-state index contributed by atoms with van der Waals surface area (Å²) in [6, 6.07) is 3.51. The summed E-state index contributed by atoms with van der Waals surface area (Å²) in [7, 11) is 0. The van der Waals surface area contributed by atoms with E-state index in [-0.39, 0.29) is 5.78 Å². The fraction of sp³-hybridized carbons (Fsp3) is 0.500. The molecule has 4 rings (SSSR count). The van der Waals surface area contributed by atoms with Crippen LogP contribution in [0.15, 0.2) is 18.2 Å². The van der Waals surface area contributed by atoms with E-state index in [1.54, 1.807) is 12.1 Å². The molecule has 0 heterocycles. The van der Waals surface area contributed by atoms with Gasteiger partial charge in [-0.3, -0.25) is 4.79 Å². The Kier molecular flexibility index (Phi) is 5.24. The highest BCUT2D eigenvalue weighted by molar-refractivity contribution is 6.43. The molecule has 3 aliphatic rings. The zero-order chi connectivity index (χ0) is 21.8. The molecule has 0 spiro atoms. The second-order valence-electron chi connectivity index (χ2n) is 8.65. The molecule has 0 bridgehead atoms. The van der Waals surface area contributed by atoms with Crippen LogP contribution in [0, 0.1) is 11.3 Å². The molecule has 3 aliphatic carbocycles. The smallest absolute Gasteiger partial charge is 0.347 e. The largest absolute Gasteiger partial charge is 0.478 e. The molecule has 8 heteroatoms. The van der Waals surface area contributed by atoms with Crippen molar-refractivity contribution in [1.82, 2.24) is 0 Å². The van der Waals surface area contributed by atoms with E-state index in [0.717, 1.165) is 24.0 Å². The van der Waals surface area contributed by atoms with Gasteiger partial charge in [-0.2, -0.15) is 0 Å². The molecule has 0 radical (unpaired) electrons. The molecule has 1 saturated carbocycles. The third kappa shape index (κ3) is 3.35. The van der Waals surface area contributed by atoms with Crippen LogP contribution in [0.3, 0.4) is 0 Å². The maximum atomic E-state index is 12.3. The lowest BCUT2D eigenvalue weighted by atomic mass is 9.67. The SMILES string of the molecule is CC(C)(OC(=O)COC1c2ccc(Cl)c(Cl)c2C2=CC(=O)CCC21C1CC1)C(=O)O. The normalized spacial score (nSPS) is 25.4. The first-order valence-electron chi connectivity index (χ1n) is 9.88. The van der Waals surface area contributed by atoms with Gasteiger partial charge in [0.25, 0.3) is 0 Å². The van der Waals surface area contributed by atoms with Gasteiger partial charge in [-0.05, 0) is 62.3 Å². The molecule has 0 saturated heterocycles. The van der Waals surface area contributed by atoms with Crippen molar-refractivity contribution in [2.45, 2.75) is 51.2 Å². The molecule has 1 aromatic rings. The number of ether oxygens (including phenoxy) is 2. The maximum Gasteiger partial charge on any atom is 0.347 e. The Morgan fingerprint density at radius 2 is 1.97 bits per heavy atom. The first-order chi connectivity index (χ1) is 14.1. The van der Waals surface area contributed by atoms with Crippen molar-refractivity contribution in [3.63, 3.8) is 0 Å². The molecule has 1 N–H and O–H groups in total. The fourth-order valence-electron chi connectivity index (χ4n) is 4.73. The maximum absolute atomic E-state index is 12.3. The average molecular weight is 453 g/mol. The Hall–Kier alpha value is -1.89. The first-order valence-corrected chi connectivity index (χ1v) is 10.6. The molecular weight excluding hydrogens is 431 g/mol. The number of fused-ring (bicyclic) bond motifs is 3. The highest BCUT2D eigenvalue weighted by Gasteiger charge is 2.60. The van der Waals surface area contributed by atoms with Crippen molar-refractivity contribution in [3.8, 4) is 0 Å². The number of rotatable bonds is 6. The van der Waals surface area contributed by atoms with E-state index in [0.29, 0.717) is 34.4 Å². The molecule has 6 nitrogen and oxygen atoms in total. The van der Waals surface area contributed by atoms with Crippen LogP contribution in [0.25, 0.3) is 5.57 Å².